The fourth-order valence-electron chi connectivity index (χ4n) is 4.58. The Kier molecular flexibility index (Phi) is 8.53. The molecule has 228 valence electrons. The molecule has 0 spiro atoms. The van der Waals surface area contributed by atoms with Crippen LogP contribution in [0.5, 0.6) is 11.5 Å². The number of phenols is 2. The molecule has 16 heteroatoms. The highest BCUT2D eigenvalue weighted by molar-refractivity contribution is 7.92. The van der Waals surface area contributed by atoms with Crippen LogP contribution in [0, 0.1) is 0 Å². The van der Waals surface area contributed by atoms with Gasteiger partial charge in [0.15, 0.2) is 25.4 Å². The fraction of sp³-hybridized carbons (Fsp3) is 0.0714. The van der Waals surface area contributed by atoms with E-state index in [-0.39, 0.29) is 48.3 Å². The molecule has 1 aliphatic heterocycles. The second kappa shape index (κ2) is 11.8. The molecule has 4 aromatic rings. The molecule has 10 nitrogen and oxygen atoms in total. The van der Waals surface area contributed by atoms with Gasteiger partial charge >= 0.3 is 0 Å². The molecule has 2 N–H and O–H groups in total. The Balaban J connectivity index is 1.77. The zero-order valence-corrected chi connectivity index (χ0v) is 26.6. The standard InChI is InChI=1S/C28H18Cl4N2O8S2/c29-17-11-16(35)12-18(30)25(17)28(38)34-14-44(41,42)23-7-3-1-5-21(23)33(13-43(39,40)24-8-4-2-6-22(24)34)27(37)15-9-19(31)26(36)20(32)10-15/h1-12,35-36H,13-14H2. The molecule has 4 aromatic carbocycles. The van der Waals surface area contributed by atoms with Crippen LogP contribution in [-0.4, -0.2) is 50.6 Å². The van der Waals surface area contributed by atoms with Crippen molar-refractivity contribution in [3.8, 4) is 11.5 Å². The van der Waals surface area contributed by atoms with Crippen molar-refractivity contribution in [1.29, 1.82) is 0 Å². The summed E-state index contributed by atoms with van der Waals surface area (Å²) < 4.78 is 56.2. The van der Waals surface area contributed by atoms with Gasteiger partial charge in [0.1, 0.15) is 17.5 Å². The number of halogens is 4. The number of hydrogen-bond donors (Lipinski definition) is 2. The van der Waals surface area contributed by atoms with Crippen molar-refractivity contribution in [3.63, 3.8) is 0 Å². The number of anilines is 2. The average Bonchev–Trinajstić information content (AvgIpc) is 2.96. The molecule has 0 radical (unpaired) electrons. The van der Waals surface area contributed by atoms with Gasteiger partial charge in [-0.05, 0) is 48.5 Å². The lowest BCUT2D eigenvalue weighted by Gasteiger charge is -2.31. The quantitative estimate of drug-likeness (QED) is 0.250. The number of aromatic hydroxyl groups is 2. The van der Waals surface area contributed by atoms with Crippen molar-refractivity contribution >= 4 is 89.3 Å². The second-order valence-electron chi connectivity index (χ2n) is 9.46. The Morgan fingerprint density at radius 2 is 1.02 bits per heavy atom. The topological polar surface area (TPSA) is 149 Å². The third-order valence-electron chi connectivity index (χ3n) is 6.58. The minimum absolute atomic E-state index is 0.237. The molecule has 0 aliphatic carbocycles. The van der Waals surface area contributed by atoms with Crippen LogP contribution in [0.15, 0.2) is 82.6 Å². The van der Waals surface area contributed by atoms with Crippen molar-refractivity contribution < 1.29 is 36.6 Å². The summed E-state index contributed by atoms with van der Waals surface area (Å²) in [5.74, 6) is -5.09. The van der Waals surface area contributed by atoms with Crippen molar-refractivity contribution in [2.45, 2.75) is 9.79 Å². The van der Waals surface area contributed by atoms with Crippen LogP contribution in [-0.2, 0) is 19.7 Å². The number of phenolic OH excluding ortho intramolecular Hbond substituents is 2. The van der Waals surface area contributed by atoms with E-state index >= 15 is 0 Å². The molecule has 5 rings (SSSR count). The molecule has 0 fully saturated rings. The van der Waals surface area contributed by atoms with Gasteiger partial charge in [-0.1, -0.05) is 70.7 Å². The van der Waals surface area contributed by atoms with Crippen LogP contribution >= 0.6 is 46.4 Å². The number of rotatable bonds is 2. The highest BCUT2D eigenvalue weighted by Crippen LogP contribution is 2.39. The molecule has 0 atom stereocenters. The van der Waals surface area contributed by atoms with Gasteiger partial charge in [-0.15, -0.1) is 0 Å². The molecule has 0 saturated heterocycles. The van der Waals surface area contributed by atoms with E-state index in [1.54, 1.807) is 0 Å². The van der Waals surface area contributed by atoms with Crippen LogP contribution in [0.1, 0.15) is 20.7 Å². The number of fused-ring (bicyclic) bond motifs is 2. The van der Waals surface area contributed by atoms with Crippen LogP contribution < -0.4 is 9.80 Å². The molecule has 0 bridgehead atoms. The Hall–Kier alpha value is -3.52. The van der Waals surface area contributed by atoms with Gasteiger partial charge in [0, 0.05) is 5.56 Å². The summed E-state index contributed by atoms with van der Waals surface area (Å²) in [7, 11) is -9.07. The van der Waals surface area contributed by atoms with Crippen molar-refractivity contribution in [2.24, 2.45) is 0 Å². The zero-order valence-electron chi connectivity index (χ0n) is 21.9. The molecule has 0 saturated carbocycles. The fourth-order valence-corrected chi connectivity index (χ4v) is 8.74. The number of nitrogens with zero attached hydrogens (tertiary/aromatic N) is 2. The largest absolute Gasteiger partial charge is 0.508 e. The van der Waals surface area contributed by atoms with Crippen LogP contribution in [0.2, 0.25) is 20.1 Å². The average molecular weight is 716 g/mol. The van der Waals surface area contributed by atoms with Gasteiger partial charge in [0.25, 0.3) is 11.8 Å². The first kappa shape index (κ1) is 31.9. The van der Waals surface area contributed by atoms with Crippen molar-refractivity contribution in [2.75, 3.05) is 21.6 Å². The van der Waals surface area contributed by atoms with Gasteiger partial charge in [-0.25, -0.2) is 16.8 Å². The number of benzene rings is 4. The number of para-hydroxylation sites is 2. The number of carbonyl (C=O) groups excluding carboxylic acids is 2. The molecule has 0 unspecified atom stereocenters. The molecular formula is C28H18Cl4N2O8S2. The van der Waals surface area contributed by atoms with Crippen LogP contribution in [0.3, 0.4) is 0 Å². The van der Waals surface area contributed by atoms with E-state index in [0.29, 0.717) is 4.90 Å². The molecule has 1 heterocycles. The Morgan fingerprint density at radius 1 is 0.614 bits per heavy atom. The molecule has 1 aliphatic rings. The Morgan fingerprint density at radius 3 is 1.48 bits per heavy atom. The monoisotopic (exact) mass is 714 g/mol. The summed E-state index contributed by atoms with van der Waals surface area (Å²) in [6, 6.07) is 14.5. The molecule has 0 aromatic heterocycles. The number of hydrogen-bond acceptors (Lipinski definition) is 8. The molecule has 44 heavy (non-hydrogen) atoms. The Labute approximate surface area is 271 Å². The van der Waals surface area contributed by atoms with Gasteiger partial charge < -0.3 is 10.2 Å². The maximum absolute atomic E-state index is 14.0. The highest BCUT2D eigenvalue weighted by Gasteiger charge is 2.38. The first-order valence-corrected chi connectivity index (χ1v) is 17.1. The van der Waals surface area contributed by atoms with Gasteiger partial charge in [0.2, 0.25) is 0 Å². The second-order valence-corrected chi connectivity index (χ2v) is 14.9. The summed E-state index contributed by atoms with van der Waals surface area (Å²) >= 11 is 24.5. The predicted octanol–water partition coefficient (Wildman–Crippen LogP) is 6.18. The summed E-state index contributed by atoms with van der Waals surface area (Å²) in [5.41, 5.74) is -1.26. The Bertz CT molecular complexity index is 2040. The van der Waals surface area contributed by atoms with E-state index in [0.717, 1.165) is 41.3 Å². The summed E-state index contributed by atoms with van der Waals surface area (Å²) in [4.78, 5) is 28.3. The number of amides is 2. The zero-order chi connectivity index (χ0) is 32.1. The summed E-state index contributed by atoms with van der Waals surface area (Å²) in [5, 5.41) is 18.6. The first-order valence-electron chi connectivity index (χ1n) is 12.3. The van der Waals surface area contributed by atoms with Crippen LogP contribution in [0.4, 0.5) is 11.4 Å². The normalized spacial score (nSPS) is 15.6. The third kappa shape index (κ3) is 5.81. The molecular weight excluding hydrogens is 698 g/mol. The first-order chi connectivity index (χ1) is 20.6. The maximum Gasteiger partial charge on any atom is 0.262 e. The third-order valence-corrected chi connectivity index (χ3v) is 11.0. The summed E-state index contributed by atoms with van der Waals surface area (Å²) in [6.07, 6.45) is 0. The van der Waals surface area contributed by atoms with Crippen molar-refractivity contribution in [3.05, 3.63) is 104 Å². The van der Waals surface area contributed by atoms with E-state index in [9.17, 15) is 36.6 Å². The summed E-state index contributed by atoms with van der Waals surface area (Å²) in [6.45, 7) is 0. The van der Waals surface area contributed by atoms with E-state index in [2.05, 4.69) is 0 Å². The minimum Gasteiger partial charge on any atom is -0.508 e. The predicted molar refractivity (Wildman–Crippen MR) is 167 cm³/mol. The SMILES string of the molecule is O=C(c1cc(Cl)c(O)c(Cl)c1)N1CS(=O)(=O)c2ccccc2N(C(=O)c2c(Cl)cc(O)cc2Cl)CS(=O)(=O)c2ccccc21. The van der Waals surface area contributed by atoms with E-state index in [1.165, 1.54) is 36.4 Å². The number of sulfone groups is 2. The van der Waals surface area contributed by atoms with E-state index in [1.807, 2.05) is 0 Å². The van der Waals surface area contributed by atoms with Gasteiger partial charge in [-0.3, -0.25) is 19.4 Å². The lowest BCUT2D eigenvalue weighted by Crippen LogP contribution is -2.41. The van der Waals surface area contributed by atoms with Gasteiger partial charge in [0.05, 0.1) is 46.8 Å². The number of carbonyl (C=O) groups is 2. The lowest BCUT2D eigenvalue weighted by atomic mass is 10.1. The van der Waals surface area contributed by atoms with Gasteiger partial charge in [-0.2, -0.15) is 0 Å². The van der Waals surface area contributed by atoms with E-state index < -0.39 is 58.8 Å². The smallest absolute Gasteiger partial charge is 0.262 e. The van der Waals surface area contributed by atoms with Crippen molar-refractivity contribution in [1.82, 2.24) is 0 Å². The van der Waals surface area contributed by atoms with E-state index in [4.69, 9.17) is 46.4 Å². The van der Waals surface area contributed by atoms with Crippen LogP contribution in [0.25, 0.3) is 0 Å². The lowest BCUT2D eigenvalue weighted by molar-refractivity contribution is 0.0982. The molecule has 2 amide bonds. The highest BCUT2D eigenvalue weighted by atomic mass is 35.5. The minimum atomic E-state index is -4.54. The maximum atomic E-state index is 14.0.